The number of benzene rings is 2. The fraction of sp³-hybridized carbons (Fsp3) is 0.0625. The van der Waals surface area contributed by atoms with Gasteiger partial charge in [-0.15, -0.1) is 0 Å². The fourth-order valence-electron chi connectivity index (χ4n) is 2.56. The van der Waals surface area contributed by atoms with Crippen molar-refractivity contribution in [2.75, 3.05) is 5.12 Å². The van der Waals surface area contributed by atoms with Gasteiger partial charge in [-0.1, -0.05) is 48.5 Å². The van der Waals surface area contributed by atoms with Crippen molar-refractivity contribution in [2.24, 2.45) is 0 Å². The Balaban J connectivity index is 1.77. The van der Waals surface area contributed by atoms with Crippen LogP contribution < -0.4 is 21.5 Å². The first-order valence-electron chi connectivity index (χ1n) is 7.22. The highest BCUT2D eigenvalue weighted by Gasteiger charge is 2.43. The summed E-state index contributed by atoms with van der Waals surface area (Å²) < 4.78 is 0. The lowest BCUT2D eigenvalue weighted by Crippen LogP contribution is -2.50. The second kappa shape index (κ2) is 5.73. The SMILES string of the molecule is c1ccc(N2NNC(c3ccccc3)(c3ncncn3)N2)cc1. The van der Waals surface area contributed by atoms with Crippen LogP contribution in [0.2, 0.25) is 0 Å². The number of hydrogen-bond donors (Lipinski definition) is 3. The zero-order valence-electron chi connectivity index (χ0n) is 12.2. The molecule has 0 bridgehead atoms. The van der Waals surface area contributed by atoms with E-state index in [1.54, 1.807) is 5.12 Å². The average Bonchev–Trinajstić information content (AvgIpc) is 3.11. The van der Waals surface area contributed by atoms with Gasteiger partial charge in [0, 0.05) is 0 Å². The van der Waals surface area contributed by atoms with Gasteiger partial charge in [0.1, 0.15) is 12.7 Å². The van der Waals surface area contributed by atoms with Crippen LogP contribution in [0.1, 0.15) is 11.4 Å². The molecule has 1 saturated heterocycles. The first-order valence-corrected chi connectivity index (χ1v) is 7.22. The molecule has 7 nitrogen and oxygen atoms in total. The summed E-state index contributed by atoms with van der Waals surface area (Å²) in [5, 5.41) is 1.80. The van der Waals surface area contributed by atoms with Crippen LogP contribution in [-0.4, -0.2) is 15.0 Å². The summed E-state index contributed by atoms with van der Waals surface area (Å²) in [6, 6.07) is 19.9. The van der Waals surface area contributed by atoms with Crippen molar-refractivity contribution in [1.82, 2.24) is 31.3 Å². The molecule has 2 aromatic carbocycles. The Morgan fingerprint density at radius 2 is 1.48 bits per heavy atom. The van der Waals surface area contributed by atoms with E-state index in [1.807, 2.05) is 60.7 Å². The van der Waals surface area contributed by atoms with E-state index in [9.17, 15) is 0 Å². The summed E-state index contributed by atoms with van der Waals surface area (Å²) in [5.41, 5.74) is 11.0. The molecule has 0 spiro atoms. The molecule has 1 atom stereocenters. The molecule has 1 aromatic heterocycles. The van der Waals surface area contributed by atoms with Crippen LogP contribution in [0.25, 0.3) is 0 Å². The number of hydrazine groups is 3. The molecule has 2 heterocycles. The smallest absolute Gasteiger partial charge is 0.188 e. The van der Waals surface area contributed by atoms with Crippen molar-refractivity contribution >= 4 is 5.69 Å². The summed E-state index contributed by atoms with van der Waals surface area (Å²) in [6.07, 6.45) is 2.98. The van der Waals surface area contributed by atoms with Gasteiger partial charge in [-0.05, 0) is 17.7 Å². The van der Waals surface area contributed by atoms with Crippen LogP contribution in [0.5, 0.6) is 0 Å². The standard InChI is InChI=1S/C16H15N7/c1-3-7-13(8-4-1)16(15-18-11-17-12-19-15)20-22-23(21-16)14-9-5-2-6-10-14/h1-12,20-22H. The van der Waals surface area contributed by atoms with Crippen molar-refractivity contribution in [3.63, 3.8) is 0 Å². The van der Waals surface area contributed by atoms with Gasteiger partial charge in [0.2, 0.25) is 0 Å². The number of para-hydroxylation sites is 1. The van der Waals surface area contributed by atoms with Crippen LogP contribution in [0.4, 0.5) is 5.69 Å². The molecule has 3 aromatic rings. The van der Waals surface area contributed by atoms with Crippen molar-refractivity contribution in [2.45, 2.75) is 5.66 Å². The molecule has 23 heavy (non-hydrogen) atoms. The molecule has 7 heteroatoms. The van der Waals surface area contributed by atoms with Crippen LogP contribution in [0.15, 0.2) is 73.3 Å². The van der Waals surface area contributed by atoms with Gasteiger partial charge >= 0.3 is 0 Å². The Morgan fingerprint density at radius 3 is 2.17 bits per heavy atom. The number of anilines is 1. The normalized spacial score (nSPS) is 20.6. The highest BCUT2D eigenvalue weighted by molar-refractivity contribution is 5.46. The van der Waals surface area contributed by atoms with E-state index in [1.165, 1.54) is 12.7 Å². The minimum absolute atomic E-state index is 0.574. The lowest BCUT2D eigenvalue weighted by Gasteiger charge is -2.27. The largest absolute Gasteiger partial charge is 0.225 e. The Hall–Kier alpha value is -2.87. The molecule has 1 fully saturated rings. The molecule has 114 valence electrons. The predicted octanol–water partition coefficient (Wildman–Crippen LogP) is 1.11. The number of nitrogens with zero attached hydrogens (tertiary/aromatic N) is 4. The van der Waals surface area contributed by atoms with Crippen molar-refractivity contribution in [3.8, 4) is 0 Å². The molecular weight excluding hydrogens is 290 g/mol. The third-order valence-corrected chi connectivity index (χ3v) is 3.68. The monoisotopic (exact) mass is 305 g/mol. The average molecular weight is 305 g/mol. The lowest BCUT2D eigenvalue weighted by atomic mass is 10.00. The third kappa shape index (κ3) is 2.42. The van der Waals surface area contributed by atoms with E-state index < -0.39 is 5.66 Å². The molecule has 3 N–H and O–H groups in total. The van der Waals surface area contributed by atoms with Crippen molar-refractivity contribution in [3.05, 3.63) is 84.7 Å². The first-order chi connectivity index (χ1) is 11.4. The molecular formula is C16H15N7. The predicted molar refractivity (Wildman–Crippen MR) is 85.4 cm³/mol. The Morgan fingerprint density at radius 1 is 0.826 bits per heavy atom. The van der Waals surface area contributed by atoms with E-state index in [2.05, 4.69) is 31.3 Å². The van der Waals surface area contributed by atoms with Crippen LogP contribution in [-0.2, 0) is 5.66 Å². The number of rotatable bonds is 3. The Kier molecular flexibility index (Phi) is 3.43. The third-order valence-electron chi connectivity index (χ3n) is 3.68. The summed E-state index contributed by atoms with van der Waals surface area (Å²) in [6.45, 7) is 0. The summed E-state index contributed by atoms with van der Waals surface area (Å²) in [5.74, 6) is 0.574. The maximum atomic E-state index is 4.32. The van der Waals surface area contributed by atoms with Gasteiger partial charge in [-0.2, -0.15) is 11.0 Å². The zero-order valence-corrected chi connectivity index (χ0v) is 12.2. The number of hydrogen-bond acceptors (Lipinski definition) is 7. The number of nitrogens with one attached hydrogen (secondary N) is 3. The zero-order chi connectivity index (χ0) is 15.5. The second-order valence-electron chi connectivity index (χ2n) is 5.10. The maximum absolute atomic E-state index is 4.32. The summed E-state index contributed by atoms with van der Waals surface area (Å²) in [4.78, 5) is 12.6. The molecule has 1 aliphatic rings. The minimum Gasteiger partial charge on any atom is -0.225 e. The van der Waals surface area contributed by atoms with Crippen LogP contribution >= 0.6 is 0 Å². The second-order valence-corrected chi connectivity index (χ2v) is 5.10. The number of aromatic nitrogens is 3. The van der Waals surface area contributed by atoms with Crippen LogP contribution in [0.3, 0.4) is 0 Å². The molecule has 0 amide bonds. The maximum Gasteiger partial charge on any atom is 0.188 e. The molecule has 0 radical (unpaired) electrons. The van der Waals surface area contributed by atoms with Gasteiger partial charge in [-0.3, -0.25) is 0 Å². The lowest BCUT2D eigenvalue weighted by molar-refractivity contribution is 0.378. The van der Waals surface area contributed by atoms with Gasteiger partial charge in [0.15, 0.2) is 11.5 Å². The van der Waals surface area contributed by atoms with E-state index in [0.717, 1.165) is 11.3 Å². The van der Waals surface area contributed by atoms with E-state index in [-0.39, 0.29) is 0 Å². The summed E-state index contributed by atoms with van der Waals surface area (Å²) >= 11 is 0. The quantitative estimate of drug-likeness (QED) is 0.669. The fourth-order valence-corrected chi connectivity index (χ4v) is 2.56. The Bertz CT molecular complexity index is 725. The highest BCUT2D eigenvalue weighted by atomic mass is 15.9. The molecule has 0 aliphatic carbocycles. The van der Waals surface area contributed by atoms with E-state index in [4.69, 9.17) is 0 Å². The van der Waals surface area contributed by atoms with Crippen molar-refractivity contribution in [1.29, 1.82) is 0 Å². The van der Waals surface area contributed by atoms with Gasteiger partial charge in [0.25, 0.3) is 0 Å². The molecule has 1 aliphatic heterocycles. The van der Waals surface area contributed by atoms with Crippen molar-refractivity contribution < 1.29 is 0 Å². The first kappa shape index (κ1) is 13.8. The molecule has 1 unspecified atom stereocenters. The van der Waals surface area contributed by atoms with Gasteiger partial charge in [0.05, 0.1) is 5.69 Å². The van der Waals surface area contributed by atoms with Gasteiger partial charge in [-0.25, -0.2) is 25.5 Å². The Labute approximate surface area is 133 Å². The van der Waals surface area contributed by atoms with Gasteiger partial charge < -0.3 is 0 Å². The molecule has 4 rings (SSSR count). The van der Waals surface area contributed by atoms with E-state index in [0.29, 0.717) is 5.82 Å². The van der Waals surface area contributed by atoms with Crippen LogP contribution in [0, 0.1) is 0 Å². The highest BCUT2D eigenvalue weighted by Crippen LogP contribution is 2.27. The summed E-state index contributed by atoms with van der Waals surface area (Å²) in [7, 11) is 0. The topological polar surface area (TPSA) is 78.0 Å². The molecule has 0 saturated carbocycles. The minimum atomic E-state index is -0.792. The van der Waals surface area contributed by atoms with E-state index >= 15 is 0 Å².